The van der Waals surface area contributed by atoms with Gasteiger partial charge in [-0.3, -0.25) is 5.43 Å². The van der Waals surface area contributed by atoms with Gasteiger partial charge in [0.25, 0.3) is 0 Å². The molecule has 0 radical (unpaired) electrons. The summed E-state index contributed by atoms with van der Waals surface area (Å²) in [4.78, 5) is 0. The fourth-order valence-electron chi connectivity index (χ4n) is 1.50. The molecule has 1 aromatic carbocycles. The zero-order valence-corrected chi connectivity index (χ0v) is 8.70. The summed E-state index contributed by atoms with van der Waals surface area (Å²) >= 11 is 0. The van der Waals surface area contributed by atoms with E-state index in [1.54, 1.807) is 30.3 Å². The van der Waals surface area contributed by atoms with E-state index in [0.717, 1.165) is 0 Å². The lowest BCUT2D eigenvalue weighted by Gasteiger charge is -2.12. The molecule has 1 aromatic rings. The topological polar surface area (TPSA) is 24.4 Å². The normalized spacial score (nSPS) is 15.7. The molecule has 5 heteroatoms. The Morgan fingerprint density at radius 1 is 1.06 bits per heavy atom. The lowest BCUT2D eigenvalue weighted by Crippen LogP contribution is -2.25. The molecule has 1 heterocycles. The van der Waals surface area contributed by atoms with Gasteiger partial charge in [0, 0.05) is 11.8 Å². The van der Waals surface area contributed by atoms with Gasteiger partial charge >= 0.3 is 6.18 Å². The molecule has 0 spiro atoms. The highest BCUT2D eigenvalue weighted by molar-refractivity contribution is 6.26. The van der Waals surface area contributed by atoms with Crippen LogP contribution in [0.5, 0.6) is 0 Å². The summed E-state index contributed by atoms with van der Waals surface area (Å²) in [6.45, 7) is 0. The van der Waals surface area contributed by atoms with Crippen molar-refractivity contribution in [2.24, 2.45) is 5.10 Å². The number of nitrogens with zero attached hydrogens (tertiary/aromatic N) is 1. The molecule has 0 saturated heterocycles. The van der Waals surface area contributed by atoms with Crippen molar-refractivity contribution in [3.8, 4) is 0 Å². The second kappa shape index (κ2) is 4.45. The van der Waals surface area contributed by atoms with E-state index in [1.807, 2.05) is 0 Å². The van der Waals surface area contributed by atoms with Crippen LogP contribution in [0, 0.1) is 0 Å². The van der Waals surface area contributed by atoms with E-state index in [-0.39, 0.29) is 5.57 Å². The summed E-state index contributed by atoms with van der Waals surface area (Å²) in [6.07, 6.45) is -0.255. The van der Waals surface area contributed by atoms with Crippen molar-refractivity contribution < 1.29 is 13.2 Å². The maximum atomic E-state index is 12.8. The summed E-state index contributed by atoms with van der Waals surface area (Å²) in [5.74, 6) is 0. The van der Waals surface area contributed by atoms with E-state index >= 15 is 0 Å². The first kappa shape index (κ1) is 11.4. The number of hydrogen-bond acceptors (Lipinski definition) is 2. The minimum atomic E-state index is -4.49. The minimum absolute atomic E-state index is 0.0550. The van der Waals surface area contributed by atoms with E-state index in [2.05, 4.69) is 10.5 Å². The lowest BCUT2D eigenvalue weighted by molar-refractivity contribution is -0.0574. The smallest absolute Gasteiger partial charge is 0.285 e. The van der Waals surface area contributed by atoms with Crippen molar-refractivity contribution in [1.82, 2.24) is 5.43 Å². The van der Waals surface area contributed by atoms with Crippen LogP contribution >= 0.6 is 0 Å². The van der Waals surface area contributed by atoms with E-state index in [0.29, 0.717) is 5.56 Å². The number of hydrazone groups is 1. The van der Waals surface area contributed by atoms with Gasteiger partial charge < -0.3 is 0 Å². The largest absolute Gasteiger partial charge is 0.435 e. The zero-order valence-electron chi connectivity index (χ0n) is 8.70. The molecular formula is C12H9F3N2. The second-order valence-corrected chi connectivity index (χ2v) is 3.39. The standard InChI is InChI=1S/C12H9F3N2/c13-12(14,15)11-10(7-4-8-16-17-11)9-5-2-1-3-6-9/h1-8,16H. The quantitative estimate of drug-likeness (QED) is 0.798. The molecular weight excluding hydrogens is 229 g/mol. The van der Waals surface area contributed by atoms with Gasteiger partial charge in [0.05, 0.1) is 0 Å². The highest BCUT2D eigenvalue weighted by atomic mass is 19.4. The van der Waals surface area contributed by atoms with Gasteiger partial charge in [0.1, 0.15) is 0 Å². The Hall–Kier alpha value is -2.04. The summed E-state index contributed by atoms with van der Waals surface area (Å²) in [5.41, 5.74) is 1.85. The van der Waals surface area contributed by atoms with Crippen molar-refractivity contribution in [2.45, 2.75) is 6.18 Å². The van der Waals surface area contributed by atoms with Gasteiger partial charge in [0.2, 0.25) is 0 Å². The summed E-state index contributed by atoms with van der Waals surface area (Å²) in [6, 6.07) is 8.36. The molecule has 0 saturated carbocycles. The highest BCUT2D eigenvalue weighted by Gasteiger charge is 2.38. The van der Waals surface area contributed by atoms with Gasteiger partial charge in [-0.1, -0.05) is 36.4 Å². The maximum Gasteiger partial charge on any atom is 0.435 e. The highest BCUT2D eigenvalue weighted by Crippen LogP contribution is 2.28. The third-order valence-corrected chi connectivity index (χ3v) is 2.22. The first-order chi connectivity index (χ1) is 8.09. The second-order valence-electron chi connectivity index (χ2n) is 3.39. The number of benzene rings is 1. The van der Waals surface area contributed by atoms with Crippen molar-refractivity contribution >= 4 is 11.3 Å². The van der Waals surface area contributed by atoms with Gasteiger partial charge in [-0.2, -0.15) is 18.3 Å². The van der Waals surface area contributed by atoms with E-state index in [1.165, 1.54) is 18.4 Å². The van der Waals surface area contributed by atoms with Crippen LogP contribution < -0.4 is 5.43 Å². The molecule has 0 fully saturated rings. The third-order valence-electron chi connectivity index (χ3n) is 2.22. The summed E-state index contributed by atoms with van der Waals surface area (Å²) < 4.78 is 38.5. The molecule has 1 aliphatic heterocycles. The SMILES string of the molecule is FC(F)(F)C1=NNC=CC=C1c1ccccc1. The molecule has 17 heavy (non-hydrogen) atoms. The number of nitrogens with one attached hydrogen (secondary N) is 1. The molecule has 0 aliphatic carbocycles. The third kappa shape index (κ3) is 2.55. The number of halogens is 3. The molecule has 1 N–H and O–H groups in total. The van der Waals surface area contributed by atoms with Crippen LogP contribution in [0.2, 0.25) is 0 Å². The van der Waals surface area contributed by atoms with Gasteiger partial charge in [-0.15, -0.1) is 0 Å². The number of alkyl halides is 3. The van der Waals surface area contributed by atoms with E-state index in [4.69, 9.17) is 0 Å². The van der Waals surface area contributed by atoms with E-state index in [9.17, 15) is 13.2 Å². The van der Waals surface area contributed by atoms with Gasteiger partial charge in [-0.25, -0.2) is 0 Å². The van der Waals surface area contributed by atoms with Crippen LogP contribution in [0.1, 0.15) is 5.56 Å². The van der Waals surface area contributed by atoms with Crippen LogP contribution in [-0.2, 0) is 0 Å². The fourth-order valence-corrected chi connectivity index (χ4v) is 1.50. The molecule has 0 aromatic heterocycles. The average molecular weight is 238 g/mol. The maximum absolute atomic E-state index is 12.8. The van der Waals surface area contributed by atoms with Crippen molar-refractivity contribution in [3.05, 3.63) is 54.2 Å². The van der Waals surface area contributed by atoms with Crippen LogP contribution in [0.3, 0.4) is 0 Å². The lowest BCUT2D eigenvalue weighted by atomic mass is 10.0. The Labute approximate surface area is 96.1 Å². The molecule has 0 amide bonds. The molecule has 2 nitrogen and oxygen atoms in total. The minimum Gasteiger partial charge on any atom is -0.285 e. The van der Waals surface area contributed by atoms with Crippen LogP contribution in [0.4, 0.5) is 13.2 Å². The Kier molecular flexibility index (Phi) is 2.99. The summed E-state index contributed by atoms with van der Waals surface area (Å²) in [5, 5.41) is 3.34. The number of allylic oxidation sites excluding steroid dienone is 3. The molecule has 2 rings (SSSR count). The first-order valence-electron chi connectivity index (χ1n) is 4.92. The van der Waals surface area contributed by atoms with E-state index < -0.39 is 11.9 Å². The van der Waals surface area contributed by atoms with Gasteiger partial charge in [0.15, 0.2) is 5.71 Å². The summed E-state index contributed by atoms with van der Waals surface area (Å²) in [7, 11) is 0. The van der Waals surface area contributed by atoms with Crippen LogP contribution in [-0.4, -0.2) is 11.9 Å². The van der Waals surface area contributed by atoms with Crippen LogP contribution in [0.25, 0.3) is 5.57 Å². The number of hydrogen-bond donors (Lipinski definition) is 1. The Bertz CT molecular complexity index is 484. The van der Waals surface area contributed by atoms with Gasteiger partial charge in [-0.05, 0) is 11.6 Å². The van der Waals surface area contributed by atoms with Crippen molar-refractivity contribution in [2.75, 3.05) is 0 Å². The predicted molar refractivity (Wildman–Crippen MR) is 60.2 cm³/mol. The predicted octanol–water partition coefficient (Wildman–Crippen LogP) is 3.11. The van der Waals surface area contributed by atoms with Crippen molar-refractivity contribution in [1.29, 1.82) is 0 Å². The fraction of sp³-hybridized carbons (Fsp3) is 0.0833. The molecule has 88 valence electrons. The average Bonchev–Trinajstić information content (AvgIpc) is 2.54. The molecule has 0 unspecified atom stereocenters. The Balaban J connectivity index is 2.49. The Morgan fingerprint density at radius 2 is 1.76 bits per heavy atom. The molecule has 1 aliphatic rings. The molecule has 0 bridgehead atoms. The monoisotopic (exact) mass is 238 g/mol. The molecule has 0 atom stereocenters. The van der Waals surface area contributed by atoms with Crippen LogP contribution in [0.15, 0.2) is 53.8 Å². The van der Waals surface area contributed by atoms with Crippen molar-refractivity contribution in [3.63, 3.8) is 0 Å². The number of rotatable bonds is 1. The Morgan fingerprint density at radius 3 is 2.41 bits per heavy atom. The zero-order chi connectivity index (χ0) is 12.3. The first-order valence-corrected chi connectivity index (χ1v) is 4.92.